The largest absolute Gasteiger partial charge is 0.303 e. The lowest BCUT2D eigenvalue weighted by molar-refractivity contribution is 0.254. The number of likely N-dealkylation sites (tertiary alicyclic amines) is 1. The van der Waals surface area contributed by atoms with Crippen molar-refractivity contribution in [2.75, 3.05) is 19.6 Å². The van der Waals surface area contributed by atoms with Crippen LogP contribution in [0.5, 0.6) is 0 Å². The Morgan fingerprint density at radius 3 is 2.00 bits per heavy atom. The van der Waals surface area contributed by atoms with Gasteiger partial charge in [-0.15, -0.1) is 0 Å². The van der Waals surface area contributed by atoms with Gasteiger partial charge in [0.05, 0.1) is 0 Å². The predicted molar refractivity (Wildman–Crippen MR) is 49.7 cm³/mol. The first-order chi connectivity index (χ1) is 5.29. The molecular weight excluding hydrogens is 134 g/mol. The van der Waals surface area contributed by atoms with E-state index in [1.54, 1.807) is 0 Å². The lowest BCUT2D eigenvalue weighted by Crippen LogP contribution is -2.28. The molecule has 1 rings (SSSR count). The summed E-state index contributed by atoms with van der Waals surface area (Å²) >= 11 is 0. The summed E-state index contributed by atoms with van der Waals surface area (Å²) in [5.41, 5.74) is 0. The molecule has 1 heteroatoms. The first-order valence-corrected chi connectivity index (χ1v) is 5.01. The fraction of sp³-hybridized carbons (Fsp3) is 1.00. The van der Waals surface area contributed by atoms with E-state index >= 15 is 0 Å². The minimum Gasteiger partial charge on any atom is -0.303 e. The second kappa shape index (κ2) is 4.76. The quantitative estimate of drug-likeness (QED) is 0.592. The number of rotatable bonds is 2. The molecule has 1 aliphatic heterocycles. The van der Waals surface area contributed by atoms with Crippen LogP contribution in [0.2, 0.25) is 0 Å². The van der Waals surface area contributed by atoms with Gasteiger partial charge in [-0.05, 0) is 31.8 Å². The second-order valence-corrected chi connectivity index (χ2v) is 4.11. The summed E-state index contributed by atoms with van der Waals surface area (Å²) in [6, 6.07) is 0. The van der Waals surface area contributed by atoms with Crippen LogP contribution >= 0.6 is 0 Å². The summed E-state index contributed by atoms with van der Waals surface area (Å²) in [6.45, 7) is 8.62. The van der Waals surface area contributed by atoms with Crippen LogP contribution in [0.3, 0.4) is 0 Å². The molecule has 0 spiro atoms. The van der Waals surface area contributed by atoms with Crippen molar-refractivity contribution in [1.29, 1.82) is 0 Å². The third-order valence-corrected chi connectivity index (χ3v) is 2.32. The van der Waals surface area contributed by atoms with Gasteiger partial charge in [-0.2, -0.15) is 0 Å². The second-order valence-electron chi connectivity index (χ2n) is 4.11. The zero-order chi connectivity index (χ0) is 8.10. The summed E-state index contributed by atoms with van der Waals surface area (Å²) in [5.74, 6) is 0.841. The van der Waals surface area contributed by atoms with E-state index < -0.39 is 0 Å². The van der Waals surface area contributed by atoms with Crippen LogP contribution in [0.25, 0.3) is 0 Å². The zero-order valence-electron chi connectivity index (χ0n) is 7.97. The highest BCUT2D eigenvalue weighted by atomic mass is 15.1. The molecule has 0 unspecified atom stereocenters. The van der Waals surface area contributed by atoms with Crippen molar-refractivity contribution in [3.8, 4) is 0 Å². The first kappa shape index (κ1) is 9.05. The maximum absolute atomic E-state index is 2.62. The Labute approximate surface area is 70.8 Å². The van der Waals surface area contributed by atoms with E-state index in [4.69, 9.17) is 0 Å². The Hall–Kier alpha value is -0.0400. The molecule has 0 saturated carbocycles. The van der Waals surface area contributed by atoms with Crippen LogP contribution in [0, 0.1) is 5.92 Å². The highest BCUT2D eigenvalue weighted by Crippen LogP contribution is 2.10. The van der Waals surface area contributed by atoms with Crippen molar-refractivity contribution in [2.24, 2.45) is 5.92 Å². The van der Waals surface area contributed by atoms with Gasteiger partial charge in [0.25, 0.3) is 0 Å². The summed E-state index contributed by atoms with van der Waals surface area (Å²) in [5, 5.41) is 0. The summed E-state index contributed by atoms with van der Waals surface area (Å²) in [7, 11) is 0. The zero-order valence-corrected chi connectivity index (χ0v) is 7.97. The highest BCUT2D eigenvalue weighted by molar-refractivity contribution is 4.64. The van der Waals surface area contributed by atoms with Crippen molar-refractivity contribution < 1.29 is 0 Å². The summed E-state index contributed by atoms with van der Waals surface area (Å²) in [6.07, 6.45) is 5.75. The molecular formula is C10H21N. The van der Waals surface area contributed by atoms with Gasteiger partial charge < -0.3 is 4.90 Å². The minimum atomic E-state index is 0.841. The molecule has 1 saturated heterocycles. The van der Waals surface area contributed by atoms with Crippen molar-refractivity contribution in [3.63, 3.8) is 0 Å². The van der Waals surface area contributed by atoms with E-state index in [1.807, 2.05) is 0 Å². The normalized spacial score (nSPS) is 22.1. The van der Waals surface area contributed by atoms with Crippen molar-refractivity contribution in [3.05, 3.63) is 0 Å². The average molecular weight is 155 g/mol. The topological polar surface area (TPSA) is 3.24 Å². The SMILES string of the molecule is CC(C)CN1CCCCCC1. The van der Waals surface area contributed by atoms with Gasteiger partial charge in [0.2, 0.25) is 0 Å². The summed E-state index contributed by atoms with van der Waals surface area (Å²) in [4.78, 5) is 2.62. The molecule has 0 radical (unpaired) electrons. The molecule has 0 bridgehead atoms. The maximum Gasteiger partial charge on any atom is 0.000438 e. The smallest absolute Gasteiger partial charge is 0.000438 e. The molecule has 0 amide bonds. The standard InChI is InChI=1S/C10H21N/c1-10(2)9-11-7-5-3-4-6-8-11/h10H,3-9H2,1-2H3. The molecule has 0 atom stereocenters. The van der Waals surface area contributed by atoms with E-state index in [0.29, 0.717) is 0 Å². The molecule has 1 fully saturated rings. The lowest BCUT2D eigenvalue weighted by Gasteiger charge is -2.21. The van der Waals surface area contributed by atoms with E-state index in [-0.39, 0.29) is 0 Å². The molecule has 1 nitrogen and oxygen atoms in total. The third-order valence-electron chi connectivity index (χ3n) is 2.32. The van der Waals surface area contributed by atoms with Gasteiger partial charge in [0, 0.05) is 6.54 Å². The van der Waals surface area contributed by atoms with E-state index in [2.05, 4.69) is 18.7 Å². The molecule has 0 aromatic heterocycles. The number of nitrogens with zero attached hydrogens (tertiary/aromatic N) is 1. The van der Waals surface area contributed by atoms with Crippen LogP contribution in [0.15, 0.2) is 0 Å². The Morgan fingerprint density at radius 1 is 1.00 bits per heavy atom. The molecule has 1 heterocycles. The average Bonchev–Trinajstić information content (AvgIpc) is 2.14. The van der Waals surface area contributed by atoms with E-state index in [9.17, 15) is 0 Å². The van der Waals surface area contributed by atoms with Crippen molar-refractivity contribution >= 4 is 0 Å². The van der Waals surface area contributed by atoms with Crippen LogP contribution in [0.4, 0.5) is 0 Å². The Kier molecular flexibility index (Phi) is 3.92. The fourth-order valence-corrected chi connectivity index (χ4v) is 1.84. The van der Waals surface area contributed by atoms with Gasteiger partial charge in [-0.1, -0.05) is 26.7 Å². The van der Waals surface area contributed by atoms with Crippen LogP contribution < -0.4 is 0 Å². The van der Waals surface area contributed by atoms with Gasteiger partial charge in [-0.25, -0.2) is 0 Å². The minimum absolute atomic E-state index is 0.841. The third kappa shape index (κ3) is 3.76. The fourth-order valence-electron chi connectivity index (χ4n) is 1.84. The molecule has 0 aromatic carbocycles. The van der Waals surface area contributed by atoms with E-state index in [0.717, 1.165) is 5.92 Å². The van der Waals surface area contributed by atoms with Crippen molar-refractivity contribution in [2.45, 2.75) is 39.5 Å². The molecule has 11 heavy (non-hydrogen) atoms. The first-order valence-electron chi connectivity index (χ1n) is 5.01. The molecule has 0 aliphatic carbocycles. The van der Waals surface area contributed by atoms with Gasteiger partial charge in [0.1, 0.15) is 0 Å². The lowest BCUT2D eigenvalue weighted by atomic mass is 10.2. The van der Waals surface area contributed by atoms with E-state index in [1.165, 1.54) is 45.3 Å². The highest BCUT2D eigenvalue weighted by Gasteiger charge is 2.09. The Balaban J connectivity index is 2.20. The molecule has 1 aliphatic rings. The monoisotopic (exact) mass is 155 g/mol. The van der Waals surface area contributed by atoms with Gasteiger partial charge >= 0.3 is 0 Å². The number of hydrogen-bond acceptors (Lipinski definition) is 1. The molecule has 0 aromatic rings. The van der Waals surface area contributed by atoms with Crippen LogP contribution in [0.1, 0.15) is 39.5 Å². The molecule has 0 N–H and O–H groups in total. The van der Waals surface area contributed by atoms with Crippen LogP contribution in [-0.4, -0.2) is 24.5 Å². The van der Waals surface area contributed by atoms with Gasteiger partial charge in [0.15, 0.2) is 0 Å². The maximum atomic E-state index is 2.62. The predicted octanol–water partition coefficient (Wildman–Crippen LogP) is 2.52. The van der Waals surface area contributed by atoms with Gasteiger partial charge in [-0.3, -0.25) is 0 Å². The summed E-state index contributed by atoms with van der Waals surface area (Å²) < 4.78 is 0. The number of hydrogen-bond donors (Lipinski definition) is 0. The van der Waals surface area contributed by atoms with Crippen molar-refractivity contribution in [1.82, 2.24) is 4.90 Å². The molecule has 66 valence electrons. The van der Waals surface area contributed by atoms with Crippen LogP contribution in [-0.2, 0) is 0 Å². The Bertz CT molecular complexity index is 91.0. The Morgan fingerprint density at radius 2 is 1.55 bits per heavy atom.